The van der Waals surface area contributed by atoms with E-state index >= 15 is 0 Å². The highest BCUT2D eigenvalue weighted by molar-refractivity contribution is 6.02. The van der Waals surface area contributed by atoms with Gasteiger partial charge in [-0.1, -0.05) is 19.4 Å². The van der Waals surface area contributed by atoms with E-state index < -0.39 is 0 Å². The summed E-state index contributed by atoms with van der Waals surface area (Å²) < 4.78 is 0. The molecule has 3 rings (SSSR count). The summed E-state index contributed by atoms with van der Waals surface area (Å²) in [5.74, 6) is 0.360. The second-order valence-corrected chi connectivity index (χ2v) is 6.60. The maximum absolute atomic E-state index is 12.5. The van der Waals surface area contributed by atoms with Gasteiger partial charge in [-0.2, -0.15) is 0 Å². The van der Waals surface area contributed by atoms with Crippen LogP contribution in [-0.2, 0) is 11.2 Å². The molecule has 0 saturated heterocycles. The van der Waals surface area contributed by atoms with E-state index in [1.165, 1.54) is 11.1 Å². The number of aromatic nitrogens is 1. The fraction of sp³-hybridized carbons (Fsp3) is 0.474. The molecule has 0 spiro atoms. The normalized spacial score (nSPS) is 19.5. The summed E-state index contributed by atoms with van der Waals surface area (Å²) in [7, 11) is 0. The van der Waals surface area contributed by atoms with E-state index in [2.05, 4.69) is 31.1 Å². The van der Waals surface area contributed by atoms with Crippen molar-refractivity contribution in [2.45, 2.75) is 46.5 Å². The summed E-state index contributed by atoms with van der Waals surface area (Å²) in [6.45, 7) is 7.11. The minimum Gasteiger partial charge on any atom is -0.352 e. The number of allylic oxidation sites excluding steroid dienone is 1. The van der Waals surface area contributed by atoms with Crippen LogP contribution in [0.4, 0.5) is 0 Å². The minimum atomic E-state index is -0.0791. The highest BCUT2D eigenvalue weighted by atomic mass is 16.1. The predicted octanol–water partition coefficient (Wildman–Crippen LogP) is 2.96. The second kappa shape index (κ2) is 6.19. The van der Waals surface area contributed by atoms with Gasteiger partial charge < -0.3 is 10.3 Å². The molecule has 2 heterocycles. The molecule has 1 atom stereocenters. The molecule has 0 saturated carbocycles. The van der Waals surface area contributed by atoms with E-state index in [0.717, 1.165) is 54.5 Å². The largest absolute Gasteiger partial charge is 0.352 e. The lowest BCUT2D eigenvalue weighted by molar-refractivity contribution is -0.117. The zero-order valence-electron chi connectivity index (χ0n) is 14.1. The molecule has 1 aromatic rings. The molecule has 1 aliphatic heterocycles. The summed E-state index contributed by atoms with van der Waals surface area (Å²) in [6, 6.07) is 1.70. The number of fused-ring (bicyclic) bond motifs is 1. The Hall–Kier alpha value is -2.10. The van der Waals surface area contributed by atoms with Gasteiger partial charge in [0.25, 0.3) is 5.91 Å². The van der Waals surface area contributed by atoms with Gasteiger partial charge in [-0.25, -0.2) is 0 Å². The van der Waals surface area contributed by atoms with E-state index in [9.17, 15) is 9.59 Å². The van der Waals surface area contributed by atoms with Gasteiger partial charge in [0.05, 0.1) is 0 Å². The average molecular weight is 312 g/mol. The molecule has 0 fully saturated rings. The molecular weight excluding hydrogens is 288 g/mol. The minimum absolute atomic E-state index is 0.0397. The molecule has 1 aromatic heterocycles. The zero-order valence-corrected chi connectivity index (χ0v) is 14.1. The molecule has 1 aliphatic carbocycles. The Morgan fingerprint density at radius 3 is 2.70 bits per heavy atom. The third kappa shape index (κ3) is 2.78. The van der Waals surface area contributed by atoms with Crippen molar-refractivity contribution in [3.05, 3.63) is 50.5 Å². The first kappa shape index (κ1) is 15.8. The van der Waals surface area contributed by atoms with Crippen molar-refractivity contribution in [2.24, 2.45) is 5.92 Å². The highest BCUT2D eigenvalue weighted by Gasteiger charge is 2.29. The van der Waals surface area contributed by atoms with Gasteiger partial charge >= 0.3 is 0 Å². The number of hydrogen-bond donors (Lipinski definition) is 2. The molecule has 2 aliphatic rings. The molecule has 2 N–H and O–H groups in total. The van der Waals surface area contributed by atoms with E-state index in [4.69, 9.17) is 0 Å². The number of H-pyrrole nitrogens is 1. The number of rotatable bonds is 3. The molecule has 1 amide bonds. The zero-order chi connectivity index (χ0) is 16.6. The molecule has 4 nitrogen and oxygen atoms in total. The fourth-order valence-corrected chi connectivity index (χ4v) is 3.71. The number of pyridine rings is 1. The van der Waals surface area contributed by atoms with Crippen LogP contribution in [0.2, 0.25) is 0 Å². The third-order valence-corrected chi connectivity index (χ3v) is 5.12. The van der Waals surface area contributed by atoms with Crippen LogP contribution >= 0.6 is 0 Å². The predicted molar refractivity (Wildman–Crippen MR) is 92.1 cm³/mol. The molecule has 1 unspecified atom stereocenters. The number of carbonyl (C=O) groups is 1. The van der Waals surface area contributed by atoms with Crippen LogP contribution in [0, 0.1) is 5.92 Å². The van der Waals surface area contributed by atoms with Gasteiger partial charge in [0, 0.05) is 24.4 Å². The number of amides is 1. The number of aromatic amines is 1. The SMILES string of the molecule is CCC(C)C1=C(C2=C(C)CCNC2=O)CCc2c[nH]c(=O)cc21. The molecular formula is C19H24N2O2. The Morgan fingerprint density at radius 2 is 2.00 bits per heavy atom. The smallest absolute Gasteiger partial charge is 0.251 e. The summed E-state index contributed by atoms with van der Waals surface area (Å²) in [4.78, 5) is 27.1. The lowest BCUT2D eigenvalue weighted by Crippen LogP contribution is -2.33. The third-order valence-electron chi connectivity index (χ3n) is 5.12. The summed E-state index contributed by atoms with van der Waals surface area (Å²) in [6.07, 6.45) is 5.45. The molecule has 122 valence electrons. The van der Waals surface area contributed by atoms with Crippen LogP contribution < -0.4 is 10.9 Å². The first-order valence-electron chi connectivity index (χ1n) is 8.46. The van der Waals surface area contributed by atoms with E-state index in [1.807, 2.05) is 6.20 Å². The number of carbonyl (C=O) groups excluding carboxylic acids is 1. The second-order valence-electron chi connectivity index (χ2n) is 6.60. The average Bonchev–Trinajstić information content (AvgIpc) is 2.53. The van der Waals surface area contributed by atoms with Crippen LogP contribution in [0.1, 0.15) is 51.2 Å². The quantitative estimate of drug-likeness (QED) is 0.901. The van der Waals surface area contributed by atoms with Crippen molar-refractivity contribution >= 4 is 11.5 Å². The van der Waals surface area contributed by atoms with Gasteiger partial charge in [-0.3, -0.25) is 9.59 Å². The molecule has 4 heteroatoms. The first-order chi connectivity index (χ1) is 11.0. The maximum atomic E-state index is 12.5. The van der Waals surface area contributed by atoms with Crippen LogP contribution in [0.25, 0.3) is 5.57 Å². The standard InChI is InChI=1S/C19H24N2O2/c1-4-11(2)17-14(18-12(3)7-8-20-19(18)23)6-5-13-10-21-16(22)9-15(13)17/h9-11H,4-8H2,1-3H3,(H,20,23)(H,21,22). The summed E-state index contributed by atoms with van der Waals surface area (Å²) >= 11 is 0. The van der Waals surface area contributed by atoms with Gasteiger partial charge in [-0.05, 0) is 60.8 Å². The lowest BCUT2D eigenvalue weighted by Gasteiger charge is -2.30. The molecule has 0 aromatic carbocycles. The van der Waals surface area contributed by atoms with Gasteiger partial charge in [0.2, 0.25) is 5.56 Å². The Labute approximate surface area is 136 Å². The van der Waals surface area contributed by atoms with Crippen molar-refractivity contribution in [1.29, 1.82) is 0 Å². The van der Waals surface area contributed by atoms with E-state index in [0.29, 0.717) is 5.92 Å². The topological polar surface area (TPSA) is 62.0 Å². The summed E-state index contributed by atoms with van der Waals surface area (Å²) in [5.41, 5.74) is 6.49. The summed E-state index contributed by atoms with van der Waals surface area (Å²) in [5, 5.41) is 2.97. The fourth-order valence-electron chi connectivity index (χ4n) is 3.71. The van der Waals surface area contributed by atoms with Gasteiger partial charge in [0.15, 0.2) is 0 Å². The molecule has 0 bridgehead atoms. The van der Waals surface area contributed by atoms with Crippen molar-refractivity contribution in [3.63, 3.8) is 0 Å². The van der Waals surface area contributed by atoms with Crippen LogP contribution in [0.3, 0.4) is 0 Å². The number of nitrogens with one attached hydrogen (secondary N) is 2. The Bertz CT molecular complexity index is 768. The molecule has 23 heavy (non-hydrogen) atoms. The van der Waals surface area contributed by atoms with E-state index in [1.54, 1.807) is 6.07 Å². The van der Waals surface area contributed by atoms with Crippen molar-refractivity contribution in [1.82, 2.24) is 10.3 Å². The van der Waals surface area contributed by atoms with Crippen molar-refractivity contribution in [3.8, 4) is 0 Å². The number of hydrogen-bond acceptors (Lipinski definition) is 2. The Balaban J connectivity index is 2.26. The van der Waals surface area contributed by atoms with Crippen molar-refractivity contribution in [2.75, 3.05) is 6.54 Å². The highest BCUT2D eigenvalue weighted by Crippen LogP contribution is 2.41. The van der Waals surface area contributed by atoms with Crippen LogP contribution in [0.15, 0.2) is 33.8 Å². The van der Waals surface area contributed by atoms with Crippen LogP contribution in [0.5, 0.6) is 0 Å². The lowest BCUT2D eigenvalue weighted by atomic mass is 9.76. The van der Waals surface area contributed by atoms with Crippen LogP contribution in [-0.4, -0.2) is 17.4 Å². The first-order valence-corrected chi connectivity index (χ1v) is 8.46. The number of aryl methyl sites for hydroxylation is 1. The van der Waals surface area contributed by atoms with Crippen molar-refractivity contribution < 1.29 is 4.79 Å². The van der Waals surface area contributed by atoms with E-state index in [-0.39, 0.29) is 11.5 Å². The Kier molecular flexibility index (Phi) is 4.24. The maximum Gasteiger partial charge on any atom is 0.251 e. The Morgan fingerprint density at radius 1 is 1.22 bits per heavy atom. The van der Waals surface area contributed by atoms with Gasteiger partial charge in [0.1, 0.15) is 0 Å². The molecule has 0 radical (unpaired) electrons. The van der Waals surface area contributed by atoms with Gasteiger partial charge in [-0.15, -0.1) is 0 Å². The monoisotopic (exact) mass is 312 g/mol.